The minimum absolute atomic E-state index is 0. The van der Waals surface area contributed by atoms with E-state index in [0.29, 0.717) is 37.1 Å². The minimum Gasteiger partial charge on any atom is -0.457 e. The van der Waals surface area contributed by atoms with Crippen LogP contribution >= 0.6 is 24.0 Å². The van der Waals surface area contributed by atoms with Gasteiger partial charge < -0.3 is 20.7 Å². The number of amides is 1. The van der Waals surface area contributed by atoms with Crippen LogP contribution in [0.5, 0.6) is 11.5 Å². The van der Waals surface area contributed by atoms with Gasteiger partial charge in [0.2, 0.25) is 5.91 Å². The molecule has 1 saturated carbocycles. The highest BCUT2D eigenvalue weighted by atomic mass is 127. The van der Waals surface area contributed by atoms with Gasteiger partial charge in [-0.05, 0) is 61.7 Å². The first-order valence-electron chi connectivity index (χ1n) is 9.96. The van der Waals surface area contributed by atoms with E-state index in [1.807, 2.05) is 31.2 Å². The molecule has 0 radical (unpaired) electrons. The Labute approximate surface area is 193 Å². The number of carbonyl (C=O) groups is 1. The van der Waals surface area contributed by atoms with Gasteiger partial charge in [0.15, 0.2) is 5.96 Å². The standard InChI is InChI=1S/C22H27FN4O2.HI/c1-2-24-22(26-14-13-25-21(28)17-5-6-17)27-15-16-3-9-19(10-4-16)29-20-11-7-18(23)8-12-20;/h3-4,7-12,17H,2,5-6,13-15H2,1H3,(H,25,28)(H2,24,26,27);1H. The lowest BCUT2D eigenvalue weighted by Crippen LogP contribution is -2.41. The number of benzene rings is 2. The summed E-state index contributed by atoms with van der Waals surface area (Å²) < 4.78 is 18.7. The molecule has 1 amide bonds. The molecule has 0 atom stereocenters. The van der Waals surface area contributed by atoms with Gasteiger partial charge in [-0.1, -0.05) is 12.1 Å². The lowest BCUT2D eigenvalue weighted by molar-refractivity contribution is -0.122. The molecule has 0 bridgehead atoms. The van der Waals surface area contributed by atoms with Crippen LogP contribution in [0.4, 0.5) is 4.39 Å². The van der Waals surface area contributed by atoms with Crippen molar-refractivity contribution in [2.45, 2.75) is 26.3 Å². The molecule has 8 heteroatoms. The highest BCUT2D eigenvalue weighted by Gasteiger charge is 2.28. The molecule has 0 heterocycles. The van der Waals surface area contributed by atoms with Gasteiger partial charge in [-0.3, -0.25) is 4.79 Å². The van der Waals surface area contributed by atoms with Gasteiger partial charge in [0, 0.05) is 25.6 Å². The lowest BCUT2D eigenvalue weighted by atomic mass is 10.2. The summed E-state index contributed by atoms with van der Waals surface area (Å²) in [6.07, 6.45) is 2.02. The summed E-state index contributed by atoms with van der Waals surface area (Å²) in [5.74, 6) is 2.06. The number of aliphatic imine (C=N–C) groups is 1. The van der Waals surface area contributed by atoms with Crippen molar-refractivity contribution in [2.24, 2.45) is 10.9 Å². The fraction of sp³-hybridized carbons (Fsp3) is 0.364. The van der Waals surface area contributed by atoms with Crippen molar-refractivity contribution in [3.63, 3.8) is 0 Å². The van der Waals surface area contributed by atoms with Crippen LogP contribution in [0.3, 0.4) is 0 Å². The maximum atomic E-state index is 13.0. The number of guanidine groups is 1. The van der Waals surface area contributed by atoms with Crippen molar-refractivity contribution < 1.29 is 13.9 Å². The highest BCUT2D eigenvalue weighted by molar-refractivity contribution is 14.0. The molecule has 1 aliphatic rings. The van der Waals surface area contributed by atoms with Gasteiger partial charge in [-0.25, -0.2) is 9.38 Å². The molecular weight excluding hydrogens is 498 g/mol. The molecule has 30 heavy (non-hydrogen) atoms. The number of nitrogens with zero attached hydrogens (tertiary/aromatic N) is 1. The third-order valence-corrected chi connectivity index (χ3v) is 4.40. The molecule has 6 nitrogen and oxygen atoms in total. The average Bonchev–Trinajstić information content (AvgIpc) is 3.57. The zero-order valence-electron chi connectivity index (χ0n) is 17.0. The molecule has 0 aliphatic heterocycles. The predicted octanol–water partition coefficient (Wildman–Crippen LogP) is 3.82. The van der Waals surface area contributed by atoms with Crippen molar-refractivity contribution >= 4 is 35.8 Å². The summed E-state index contributed by atoms with van der Waals surface area (Å²) in [4.78, 5) is 16.2. The van der Waals surface area contributed by atoms with E-state index in [4.69, 9.17) is 4.74 Å². The van der Waals surface area contributed by atoms with Crippen LogP contribution in [0.15, 0.2) is 53.5 Å². The summed E-state index contributed by atoms with van der Waals surface area (Å²) in [6.45, 7) is 4.48. The molecule has 3 N–H and O–H groups in total. The number of carbonyl (C=O) groups excluding carboxylic acids is 1. The number of halogens is 2. The Morgan fingerprint density at radius 1 is 1.00 bits per heavy atom. The van der Waals surface area contributed by atoms with Crippen molar-refractivity contribution in [3.05, 3.63) is 59.9 Å². The van der Waals surface area contributed by atoms with E-state index in [9.17, 15) is 9.18 Å². The van der Waals surface area contributed by atoms with Crippen molar-refractivity contribution in [1.29, 1.82) is 0 Å². The Morgan fingerprint density at radius 2 is 1.60 bits per heavy atom. The molecule has 0 unspecified atom stereocenters. The van der Waals surface area contributed by atoms with E-state index in [-0.39, 0.29) is 41.6 Å². The normalized spacial score (nSPS) is 13.2. The fourth-order valence-electron chi connectivity index (χ4n) is 2.67. The molecule has 2 aromatic carbocycles. The maximum absolute atomic E-state index is 13.0. The molecule has 1 aliphatic carbocycles. The number of ether oxygens (including phenoxy) is 1. The van der Waals surface area contributed by atoms with Crippen LogP contribution in [-0.4, -0.2) is 31.5 Å². The maximum Gasteiger partial charge on any atom is 0.223 e. The molecule has 0 aromatic heterocycles. The first-order valence-corrected chi connectivity index (χ1v) is 9.96. The van der Waals surface area contributed by atoms with Gasteiger partial charge in [0.05, 0.1) is 6.54 Å². The summed E-state index contributed by atoms with van der Waals surface area (Å²) in [5, 5.41) is 9.34. The molecule has 1 fully saturated rings. The third-order valence-electron chi connectivity index (χ3n) is 4.40. The molecule has 3 rings (SSSR count). The molecule has 162 valence electrons. The summed E-state index contributed by atoms with van der Waals surface area (Å²) in [7, 11) is 0. The Balaban J connectivity index is 0.00000320. The highest BCUT2D eigenvalue weighted by Crippen LogP contribution is 2.28. The van der Waals surface area contributed by atoms with Crippen LogP contribution in [-0.2, 0) is 11.3 Å². The fourth-order valence-corrected chi connectivity index (χ4v) is 2.67. The van der Waals surface area contributed by atoms with Gasteiger partial charge in [0.1, 0.15) is 17.3 Å². The van der Waals surface area contributed by atoms with E-state index in [1.54, 1.807) is 12.1 Å². The zero-order chi connectivity index (χ0) is 20.5. The quantitative estimate of drug-likeness (QED) is 0.201. The lowest BCUT2D eigenvalue weighted by Gasteiger charge is -2.12. The van der Waals surface area contributed by atoms with Crippen molar-refractivity contribution in [2.75, 3.05) is 19.6 Å². The second-order valence-corrected chi connectivity index (χ2v) is 6.89. The Morgan fingerprint density at radius 3 is 2.20 bits per heavy atom. The second-order valence-electron chi connectivity index (χ2n) is 6.89. The van der Waals surface area contributed by atoms with E-state index in [1.165, 1.54) is 12.1 Å². The van der Waals surface area contributed by atoms with Gasteiger partial charge in [-0.2, -0.15) is 0 Å². The first-order chi connectivity index (χ1) is 14.1. The van der Waals surface area contributed by atoms with E-state index < -0.39 is 0 Å². The predicted molar refractivity (Wildman–Crippen MR) is 127 cm³/mol. The number of hydrogen-bond donors (Lipinski definition) is 3. The Bertz CT molecular complexity index is 824. The van der Waals surface area contributed by atoms with Crippen molar-refractivity contribution in [3.8, 4) is 11.5 Å². The van der Waals surface area contributed by atoms with Crippen LogP contribution in [0.25, 0.3) is 0 Å². The molecule has 0 spiro atoms. The summed E-state index contributed by atoms with van der Waals surface area (Å²) >= 11 is 0. The second kappa shape index (κ2) is 12.4. The summed E-state index contributed by atoms with van der Waals surface area (Å²) in [5.41, 5.74) is 1.04. The van der Waals surface area contributed by atoms with E-state index >= 15 is 0 Å². The Hall–Kier alpha value is -2.36. The largest absolute Gasteiger partial charge is 0.457 e. The summed E-state index contributed by atoms with van der Waals surface area (Å²) in [6, 6.07) is 13.5. The molecule has 2 aromatic rings. The molecular formula is C22H28FIN4O2. The van der Waals surface area contributed by atoms with Gasteiger partial charge >= 0.3 is 0 Å². The average molecular weight is 526 g/mol. The topological polar surface area (TPSA) is 74.8 Å². The van der Waals surface area contributed by atoms with Crippen LogP contribution in [0, 0.1) is 11.7 Å². The number of nitrogens with one attached hydrogen (secondary N) is 3. The van der Waals surface area contributed by atoms with E-state index in [0.717, 1.165) is 24.9 Å². The van der Waals surface area contributed by atoms with Crippen LogP contribution in [0.2, 0.25) is 0 Å². The third kappa shape index (κ3) is 8.17. The van der Waals surface area contributed by atoms with Crippen molar-refractivity contribution in [1.82, 2.24) is 16.0 Å². The van der Waals surface area contributed by atoms with Gasteiger partial charge in [-0.15, -0.1) is 24.0 Å². The number of rotatable bonds is 9. The van der Waals surface area contributed by atoms with Crippen LogP contribution < -0.4 is 20.7 Å². The van der Waals surface area contributed by atoms with Crippen LogP contribution in [0.1, 0.15) is 25.3 Å². The van der Waals surface area contributed by atoms with E-state index in [2.05, 4.69) is 20.9 Å². The number of hydrogen-bond acceptors (Lipinski definition) is 3. The smallest absolute Gasteiger partial charge is 0.223 e. The molecule has 0 saturated heterocycles. The monoisotopic (exact) mass is 526 g/mol. The SMILES string of the molecule is CCNC(=NCc1ccc(Oc2ccc(F)cc2)cc1)NCCNC(=O)C1CC1.I. The minimum atomic E-state index is -0.291. The first kappa shape index (κ1) is 23.9. The Kier molecular flexibility index (Phi) is 9.85. The zero-order valence-corrected chi connectivity index (χ0v) is 19.3. The van der Waals surface area contributed by atoms with Gasteiger partial charge in [0.25, 0.3) is 0 Å².